The molecule has 1 aliphatic heterocycles. The highest BCUT2D eigenvalue weighted by Crippen LogP contribution is 2.21. The largest absolute Gasteiger partial charge is 0.378 e. The molecule has 1 heterocycles. The summed E-state index contributed by atoms with van der Waals surface area (Å²) in [6, 6.07) is 7.59. The van der Waals surface area contributed by atoms with Gasteiger partial charge in [-0.2, -0.15) is 0 Å². The molecule has 1 fully saturated rings. The number of carbonyl (C=O) groups is 2. The van der Waals surface area contributed by atoms with Crippen LogP contribution in [0.5, 0.6) is 0 Å². The number of benzene rings is 1. The Morgan fingerprint density at radius 1 is 1.38 bits per heavy atom. The van der Waals surface area contributed by atoms with Crippen LogP contribution in [-0.4, -0.2) is 40.5 Å². The van der Waals surface area contributed by atoms with Gasteiger partial charge < -0.3 is 15.3 Å². The standard InChI is InChI=1S/C15H19BrN2O3/c1-11(19)18-8-2-7-15(21,10-18)14(20)17-9-12-3-5-13(16)6-4-12/h3-6,21H,2,7-10H2,1H3,(H,17,20)/t15-/m1/s1. The Morgan fingerprint density at radius 2 is 2.05 bits per heavy atom. The molecule has 1 atom stereocenters. The van der Waals surface area contributed by atoms with Gasteiger partial charge in [-0.3, -0.25) is 9.59 Å². The number of aliphatic hydroxyl groups is 1. The second kappa shape index (κ2) is 6.58. The minimum Gasteiger partial charge on any atom is -0.378 e. The van der Waals surface area contributed by atoms with Crippen LogP contribution in [0.15, 0.2) is 28.7 Å². The van der Waals surface area contributed by atoms with Crippen LogP contribution in [-0.2, 0) is 16.1 Å². The molecule has 1 saturated heterocycles. The van der Waals surface area contributed by atoms with Crippen molar-refractivity contribution >= 4 is 27.7 Å². The van der Waals surface area contributed by atoms with E-state index in [1.54, 1.807) is 0 Å². The number of piperidine rings is 1. The zero-order valence-corrected chi connectivity index (χ0v) is 13.5. The molecule has 114 valence electrons. The van der Waals surface area contributed by atoms with Crippen molar-refractivity contribution in [3.05, 3.63) is 34.3 Å². The summed E-state index contributed by atoms with van der Waals surface area (Å²) in [5.74, 6) is -0.537. The van der Waals surface area contributed by atoms with E-state index in [1.165, 1.54) is 11.8 Å². The molecule has 5 nitrogen and oxygen atoms in total. The third-order valence-electron chi connectivity index (χ3n) is 3.71. The molecule has 6 heteroatoms. The normalized spacial score (nSPS) is 22.0. The number of rotatable bonds is 3. The van der Waals surface area contributed by atoms with Crippen molar-refractivity contribution in [2.24, 2.45) is 0 Å². The molecule has 0 aliphatic carbocycles. The molecule has 0 radical (unpaired) electrons. The Kier molecular flexibility index (Phi) is 5.00. The van der Waals surface area contributed by atoms with E-state index in [1.807, 2.05) is 24.3 Å². The molecule has 21 heavy (non-hydrogen) atoms. The van der Waals surface area contributed by atoms with Crippen LogP contribution in [0.1, 0.15) is 25.3 Å². The van der Waals surface area contributed by atoms with E-state index < -0.39 is 11.5 Å². The number of nitrogens with zero attached hydrogens (tertiary/aromatic N) is 1. The molecule has 0 aromatic heterocycles. The van der Waals surface area contributed by atoms with Crippen LogP contribution in [0.3, 0.4) is 0 Å². The zero-order valence-electron chi connectivity index (χ0n) is 11.9. The van der Waals surface area contributed by atoms with Crippen LogP contribution < -0.4 is 5.32 Å². The fourth-order valence-electron chi connectivity index (χ4n) is 2.44. The quantitative estimate of drug-likeness (QED) is 0.862. The molecule has 0 unspecified atom stereocenters. The summed E-state index contributed by atoms with van der Waals surface area (Å²) in [6.07, 6.45) is 1.00. The maximum absolute atomic E-state index is 12.2. The van der Waals surface area contributed by atoms with Crippen molar-refractivity contribution in [1.29, 1.82) is 0 Å². The molecule has 0 bridgehead atoms. The first-order chi connectivity index (χ1) is 9.90. The number of likely N-dealkylation sites (tertiary alicyclic amines) is 1. The first-order valence-corrected chi connectivity index (χ1v) is 7.71. The van der Waals surface area contributed by atoms with Crippen molar-refractivity contribution in [1.82, 2.24) is 10.2 Å². The lowest BCUT2D eigenvalue weighted by molar-refractivity contribution is -0.150. The predicted molar refractivity (Wildman–Crippen MR) is 82.4 cm³/mol. The Balaban J connectivity index is 1.95. The summed E-state index contributed by atoms with van der Waals surface area (Å²) in [5, 5.41) is 13.2. The lowest BCUT2D eigenvalue weighted by Gasteiger charge is -2.37. The van der Waals surface area contributed by atoms with E-state index in [2.05, 4.69) is 21.2 Å². The Morgan fingerprint density at radius 3 is 2.67 bits per heavy atom. The van der Waals surface area contributed by atoms with Gasteiger partial charge in [-0.15, -0.1) is 0 Å². The average Bonchev–Trinajstić information content (AvgIpc) is 2.46. The van der Waals surface area contributed by atoms with Crippen molar-refractivity contribution < 1.29 is 14.7 Å². The number of nitrogens with one attached hydrogen (secondary N) is 1. The van der Waals surface area contributed by atoms with E-state index in [4.69, 9.17) is 0 Å². The highest BCUT2D eigenvalue weighted by molar-refractivity contribution is 9.10. The van der Waals surface area contributed by atoms with Gasteiger partial charge in [0.1, 0.15) is 0 Å². The maximum Gasteiger partial charge on any atom is 0.254 e. The molecule has 0 spiro atoms. The highest BCUT2D eigenvalue weighted by atomic mass is 79.9. The molecule has 2 N–H and O–H groups in total. The van der Waals surface area contributed by atoms with Gasteiger partial charge >= 0.3 is 0 Å². The third-order valence-corrected chi connectivity index (χ3v) is 4.23. The third kappa shape index (κ3) is 4.04. The summed E-state index contributed by atoms with van der Waals surface area (Å²) in [4.78, 5) is 25.1. The molecule has 1 aromatic carbocycles. The topological polar surface area (TPSA) is 69.6 Å². The van der Waals surface area contributed by atoms with Crippen LogP contribution in [0.2, 0.25) is 0 Å². The lowest BCUT2D eigenvalue weighted by Crippen LogP contribution is -2.57. The van der Waals surface area contributed by atoms with Gasteiger partial charge in [0.15, 0.2) is 5.60 Å². The summed E-state index contributed by atoms with van der Waals surface area (Å²) < 4.78 is 0.973. The second-order valence-electron chi connectivity index (χ2n) is 5.38. The SMILES string of the molecule is CC(=O)N1CCC[C@](O)(C(=O)NCc2ccc(Br)cc2)C1. The van der Waals surface area contributed by atoms with Crippen molar-refractivity contribution in [2.45, 2.75) is 31.9 Å². The van der Waals surface area contributed by atoms with E-state index in [9.17, 15) is 14.7 Å². The highest BCUT2D eigenvalue weighted by Gasteiger charge is 2.40. The fraction of sp³-hybridized carbons (Fsp3) is 0.467. The zero-order chi connectivity index (χ0) is 15.5. The van der Waals surface area contributed by atoms with Crippen LogP contribution in [0.25, 0.3) is 0 Å². The van der Waals surface area contributed by atoms with Gasteiger partial charge in [0.2, 0.25) is 5.91 Å². The summed E-state index contributed by atoms with van der Waals surface area (Å²) in [5.41, 5.74) is -0.534. The van der Waals surface area contributed by atoms with Gasteiger partial charge in [0, 0.05) is 24.5 Å². The van der Waals surface area contributed by atoms with Gasteiger partial charge in [-0.1, -0.05) is 28.1 Å². The number of β-amino-alcohol motifs (C(OH)–C–C–N with tert-alkyl or cyclic N) is 1. The number of halogens is 1. The molecular formula is C15H19BrN2O3. The Labute approximate surface area is 132 Å². The number of amides is 2. The van der Waals surface area contributed by atoms with Crippen LogP contribution >= 0.6 is 15.9 Å². The summed E-state index contributed by atoms with van der Waals surface area (Å²) >= 11 is 3.35. The molecular weight excluding hydrogens is 336 g/mol. The Bertz CT molecular complexity index is 532. The second-order valence-corrected chi connectivity index (χ2v) is 6.30. The minimum atomic E-state index is -1.49. The first-order valence-electron chi connectivity index (χ1n) is 6.91. The van der Waals surface area contributed by atoms with Crippen molar-refractivity contribution in [3.8, 4) is 0 Å². The number of carbonyl (C=O) groups excluding carboxylic acids is 2. The van der Waals surface area contributed by atoms with E-state index in [0.717, 1.165) is 10.0 Å². The summed E-state index contributed by atoms with van der Waals surface area (Å²) in [7, 11) is 0. The van der Waals surface area contributed by atoms with Gasteiger partial charge in [0.05, 0.1) is 6.54 Å². The fourth-order valence-corrected chi connectivity index (χ4v) is 2.70. The van der Waals surface area contributed by atoms with Crippen LogP contribution in [0.4, 0.5) is 0 Å². The minimum absolute atomic E-state index is 0.0640. The lowest BCUT2D eigenvalue weighted by atomic mass is 9.91. The molecule has 1 aromatic rings. The monoisotopic (exact) mass is 354 g/mol. The molecule has 2 rings (SSSR count). The number of hydrogen-bond acceptors (Lipinski definition) is 3. The van der Waals surface area contributed by atoms with Crippen molar-refractivity contribution in [3.63, 3.8) is 0 Å². The average molecular weight is 355 g/mol. The first kappa shape index (κ1) is 16.0. The van der Waals surface area contributed by atoms with Crippen molar-refractivity contribution in [2.75, 3.05) is 13.1 Å². The van der Waals surface area contributed by atoms with E-state index >= 15 is 0 Å². The Hall–Kier alpha value is -1.40. The maximum atomic E-state index is 12.2. The van der Waals surface area contributed by atoms with Gasteiger partial charge in [-0.25, -0.2) is 0 Å². The smallest absolute Gasteiger partial charge is 0.254 e. The number of hydrogen-bond donors (Lipinski definition) is 2. The summed E-state index contributed by atoms with van der Waals surface area (Å²) in [6.45, 7) is 2.46. The van der Waals surface area contributed by atoms with E-state index in [0.29, 0.717) is 25.9 Å². The van der Waals surface area contributed by atoms with Crippen LogP contribution in [0, 0.1) is 0 Å². The molecule has 1 aliphatic rings. The molecule has 0 saturated carbocycles. The van der Waals surface area contributed by atoms with Gasteiger partial charge in [0.25, 0.3) is 5.91 Å². The van der Waals surface area contributed by atoms with E-state index in [-0.39, 0.29) is 12.5 Å². The van der Waals surface area contributed by atoms with Gasteiger partial charge in [-0.05, 0) is 30.5 Å². The molecule has 2 amide bonds. The predicted octanol–water partition coefficient (Wildman–Crippen LogP) is 1.44.